The van der Waals surface area contributed by atoms with Crippen molar-refractivity contribution >= 4 is 27.3 Å². The average Bonchev–Trinajstić information content (AvgIpc) is 2.88. The van der Waals surface area contributed by atoms with Crippen molar-refractivity contribution in [1.82, 2.24) is 14.1 Å². The second kappa shape index (κ2) is 12.8. The summed E-state index contributed by atoms with van der Waals surface area (Å²) < 4.78 is 40.9. The first-order valence-corrected chi connectivity index (χ1v) is 14.2. The van der Waals surface area contributed by atoms with Gasteiger partial charge in [-0.25, -0.2) is 12.8 Å². The topological polar surface area (TPSA) is 70.9 Å². The van der Waals surface area contributed by atoms with Gasteiger partial charge in [-0.05, 0) is 62.0 Å². The molecule has 0 N–H and O–H groups in total. The summed E-state index contributed by atoms with van der Waals surface area (Å²) in [7, 11) is -3.76. The van der Waals surface area contributed by atoms with E-state index in [9.17, 15) is 18.1 Å². The standard InChI is InChI=1S/C26H35ClFN5O2S/c1-4-30(5-2)11-14-32(6-3)23-8-7-21(19-29)22(17-23)20-31-12-15-33(16-13-31)36(34,35)24-9-10-26(28)25(27)18-24/h7-10,17-18H,4-6,11-16,20H2,1-3H3. The zero-order valence-electron chi connectivity index (χ0n) is 21.3. The largest absolute Gasteiger partial charge is 0.371 e. The molecular formula is C26H35ClFN5O2S. The molecule has 0 atom stereocenters. The number of piperazine rings is 1. The van der Waals surface area contributed by atoms with Crippen molar-refractivity contribution in [3.63, 3.8) is 0 Å². The monoisotopic (exact) mass is 535 g/mol. The van der Waals surface area contributed by atoms with Crippen molar-refractivity contribution < 1.29 is 12.8 Å². The summed E-state index contributed by atoms with van der Waals surface area (Å²) in [4.78, 5) is 6.86. The Bertz CT molecular complexity index is 1180. The lowest BCUT2D eigenvalue weighted by molar-refractivity contribution is 0.181. The Morgan fingerprint density at radius 2 is 1.69 bits per heavy atom. The predicted octanol–water partition coefficient (Wildman–Crippen LogP) is 4.03. The van der Waals surface area contributed by atoms with Gasteiger partial charge in [0.15, 0.2) is 0 Å². The molecule has 3 rings (SSSR count). The minimum atomic E-state index is -3.76. The van der Waals surface area contributed by atoms with Crippen LogP contribution < -0.4 is 4.90 Å². The van der Waals surface area contributed by atoms with Crippen LogP contribution in [0.4, 0.5) is 10.1 Å². The molecule has 2 aromatic rings. The van der Waals surface area contributed by atoms with Gasteiger partial charge in [-0.1, -0.05) is 25.4 Å². The Balaban J connectivity index is 1.68. The van der Waals surface area contributed by atoms with Gasteiger partial charge in [0.05, 0.1) is 21.6 Å². The predicted molar refractivity (Wildman–Crippen MR) is 142 cm³/mol. The van der Waals surface area contributed by atoms with E-state index in [1.54, 1.807) is 0 Å². The minimum Gasteiger partial charge on any atom is -0.371 e. The Labute approximate surface area is 219 Å². The molecule has 1 aliphatic heterocycles. The maximum atomic E-state index is 13.5. The van der Waals surface area contributed by atoms with E-state index in [1.807, 2.05) is 12.1 Å². The summed E-state index contributed by atoms with van der Waals surface area (Å²) in [5.41, 5.74) is 2.67. The lowest BCUT2D eigenvalue weighted by atomic mass is 10.1. The maximum Gasteiger partial charge on any atom is 0.243 e. The maximum absolute atomic E-state index is 13.5. The van der Waals surface area contributed by atoms with Crippen molar-refractivity contribution in [3.05, 3.63) is 58.4 Å². The number of hydrogen-bond donors (Lipinski definition) is 0. The summed E-state index contributed by atoms with van der Waals surface area (Å²) in [5, 5.41) is 9.47. The molecule has 36 heavy (non-hydrogen) atoms. The zero-order valence-corrected chi connectivity index (χ0v) is 22.8. The number of rotatable bonds is 11. The molecule has 0 unspecified atom stereocenters. The first-order valence-electron chi connectivity index (χ1n) is 12.4. The van der Waals surface area contributed by atoms with Gasteiger partial charge in [0.1, 0.15) is 5.82 Å². The Kier molecular flexibility index (Phi) is 10.1. The summed E-state index contributed by atoms with van der Waals surface area (Å²) in [6, 6.07) is 11.7. The first-order chi connectivity index (χ1) is 17.2. The van der Waals surface area contributed by atoms with Gasteiger partial charge in [-0.2, -0.15) is 9.57 Å². The molecule has 0 amide bonds. The van der Waals surface area contributed by atoms with Gasteiger partial charge in [0.2, 0.25) is 10.0 Å². The molecule has 196 valence electrons. The normalized spacial score (nSPS) is 15.2. The number of likely N-dealkylation sites (N-methyl/N-ethyl adjacent to an activating group) is 2. The van der Waals surface area contributed by atoms with Gasteiger partial charge in [-0.3, -0.25) is 4.90 Å². The number of hydrogen-bond acceptors (Lipinski definition) is 6. The second-order valence-electron chi connectivity index (χ2n) is 8.82. The van der Waals surface area contributed by atoms with E-state index in [1.165, 1.54) is 10.4 Å². The highest BCUT2D eigenvalue weighted by atomic mass is 35.5. The number of nitrogens with zero attached hydrogens (tertiary/aromatic N) is 5. The molecule has 2 aromatic carbocycles. The van der Waals surface area contributed by atoms with Crippen molar-refractivity contribution in [2.75, 3.05) is 63.8 Å². The molecule has 0 saturated carbocycles. The van der Waals surface area contributed by atoms with E-state index < -0.39 is 15.8 Å². The summed E-state index contributed by atoms with van der Waals surface area (Å²) in [6.07, 6.45) is 0. The lowest BCUT2D eigenvalue weighted by Crippen LogP contribution is -2.48. The van der Waals surface area contributed by atoms with Crippen LogP contribution >= 0.6 is 11.6 Å². The van der Waals surface area contributed by atoms with Crippen LogP contribution in [0.1, 0.15) is 31.9 Å². The number of benzene rings is 2. The minimum absolute atomic E-state index is 0.00816. The van der Waals surface area contributed by atoms with Crippen LogP contribution in [0.3, 0.4) is 0 Å². The fourth-order valence-electron chi connectivity index (χ4n) is 4.44. The van der Waals surface area contributed by atoms with Crippen molar-refractivity contribution in [2.24, 2.45) is 0 Å². The van der Waals surface area contributed by atoms with Gasteiger partial charge in [-0.15, -0.1) is 0 Å². The van der Waals surface area contributed by atoms with Gasteiger partial charge in [0, 0.05) is 58.0 Å². The quantitative estimate of drug-likeness (QED) is 0.433. The molecule has 1 heterocycles. The highest BCUT2D eigenvalue weighted by Crippen LogP contribution is 2.25. The third-order valence-electron chi connectivity index (χ3n) is 6.79. The van der Waals surface area contributed by atoms with Crippen LogP contribution in [0.5, 0.6) is 0 Å². The van der Waals surface area contributed by atoms with E-state index in [0.29, 0.717) is 38.3 Å². The fraction of sp³-hybridized carbons (Fsp3) is 0.500. The van der Waals surface area contributed by atoms with Crippen LogP contribution in [0.25, 0.3) is 0 Å². The molecule has 0 aliphatic carbocycles. The van der Waals surface area contributed by atoms with Gasteiger partial charge < -0.3 is 9.80 Å². The third kappa shape index (κ3) is 6.75. The first kappa shape index (κ1) is 28.4. The molecule has 0 spiro atoms. The highest BCUT2D eigenvalue weighted by Gasteiger charge is 2.29. The summed E-state index contributed by atoms with van der Waals surface area (Å²) >= 11 is 5.80. The van der Waals surface area contributed by atoms with E-state index in [4.69, 9.17) is 11.6 Å². The van der Waals surface area contributed by atoms with E-state index in [2.05, 4.69) is 47.6 Å². The van der Waals surface area contributed by atoms with Crippen LogP contribution in [0.2, 0.25) is 5.02 Å². The Hall–Kier alpha value is -2.22. The van der Waals surface area contributed by atoms with Crippen molar-refractivity contribution in [2.45, 2.75) is 32.2 Å². The zero-order chi connectivity index (χ0) is 26.3. The van der Waals surface area contributed by atoms with E-state index in [-0.39, 0.29) is 9.92 Å². The SMILES string of the molecule is CCN(CC)CCN(CC)c1ccc(C#N)c(CN2CCN(S(=O)(=O)c3ccc(F)c(Cl)c3)CC2)c1. The van der Waals surface area contributed by atoms with Crippen LogP contribution in [0.15, 0.2) is 41.3 Å². The Morgan fingerprint density at radius 1 is 1.00 bits per heavy atom. The van der Waals surface area contributed by atoms with Gasteiger partial charge >= 0.3 is 0 Å². The fourth-order valence-corrected chi connectivity index (χ4v) is 6.14. The summed E-state index contributed by atoms with van der Waals surface area (Å²) in [5.74, 6) is -0.648. The average molecular weight is 536 g/mol. The Morgan fingerprint density at radius 3 is 2.28 bits per heavy atom. The van der Waals surface area contributed by atoms with E-state index >= 15 is 0 Å². The molecule has 10 heteroatoms. The number of anilines is 1. The second-order valence-corrected chi connectivity index (χ2v) is 11.2. The van der Waals surface area contributed by atoms with Crippen molar-refractivity contribution in [1.29, 1.82) is 5.26 Å². The number of sulfonamides is 1. The molecule has 1 saturated heterocycles. The highest BCUT2D eigenvalue weighted by molar-refractivity contribution is 7.89. The van der Waals surface area contributed by atoms with Crippen LogP contribution in [0, 0.1) is 17.1 Å². The van der Waals surface area contributed by atoms with Crippen LogP contribution in [-0.2, 0) is 16.6 Å². The van der Waals surface area contributed by atoms with E-state index in [0.717, 1.165) is 56.1 Å². The molecule has 0 radical (unpaired) electrons. The smallest absolute Gasteiger partial charge is 0.243 e. The number of halogens is 2. The summed E-state index contributed by atoms with van der Waals surface area (Å²) in [6.45, 7) is 13.5. The molecular weight excluding hydrogens is 501 g/mol. The number of nitriles is 1. The molecule has 7 nitrogen and oxygen atoms in total. The molecule has 0 bridgehead atoms. The van der Waals surface area contributed by atoms with Crippen LogP contribution in [-0.4, -0.2) is 81.4 Å². The van der Waals surface area contributed by atoms with Gasteiger partial charge in [0.25, 0.3) is 0 Å². The third-order valence-corrected chi connectivity index (χ3v) is 8.98. The molecule has 1 aliphatic rings. The lowest BCUT2D eigenvalue weighted by Gasteiger charge is -2.34. The molecule has 0 aromatic heterocycles. The van der Waals surface area contributed by atoms with Crippen molar-refractivity contribution in [3.8, 4) is 6.07 Å². The molecule has 1 fully saturated rings.